The zero-order valence-corrected chi connectivity index (χ0v) is 14.8. The second-order valence-corrected chi connectivity index (χ2v) is 7.20. The van der Waals surface area contributed by atoms with Gasteiger partial charge in [-0.3, -0.25) is 0 Å². The van der Waals surface area contributed by atoms with Crippen molar-refractivity contribution in [3.63, 3.8) is 0 Å². The summed E-state index contributed by atoms with van der Waals surface area (Å²) in [4.78, 5) is 2.64. The lowest BCUT2D eigenvalue weighted by molar-refractivity contribution is 0.140. The van der Waals surface area contributed by atoms with Gasteiger partial charge in [0.05, 0.1) is 6.61 Å². The van der Waals surface area contributed by atoms with Crippen LogP contribution in [0.5, 0.6) is 0 Å². The molecule has 0 aromatic carbocycles. The van der Waals surface area contributed by atoms with Crippen molar-refractivity contribution in [2.24, 2.45) is 11.8 Å². The molecule has 0 saturated carbocycles. The highest BCUT2D eigenvalue weighted by Gasteiger charge is 2.26. The van der Waals surface area contributed by atoms with E-state index in [9.17, 15) is 5.11 Å². The van der Waals surface area contributed by atoms with Crippen LogP contribution in [0.25, 0.3) is 0 Å². The van der Waals surface area contributed by atoms with Gasteiger partial charge in [0.2, 0.25) is 0 Å². The summed E-state index contributed by atoms with van der Waals surface area (Å²) in [5.74, 6) is 1.75. The average Bonchev–Trinajstić information content (AvgIpc) is 2.72. The number of likely N-dealkylation sites (tertiary alicyclic amines) is 1. The van der Waals surface area contributed by atoms with Crippen LogP contribution in [0.3, 0.4) is 0 Å². The molecule has 0 radical (unpaired) electrons. The van der Waals surface area contributed by atoms with Crippen LogP contribution in [0.1, 0.15) is 66.2 Å². The summed E-state index contributed by atoms with van der Waals surface area (Å²) < 4.78 is 0. The zero-order chi connectivity index (χ0) is 15.7. The van der Waals surface area contributed by atoms with Crippen LogP contribution < -0.4 is 5.32 Å². The number of aliphatic hydroxyl groups excluding tert-OH is 1. The Bertz CT molecular complexity index is 264. The van der Waals surface area contributed by atoms with E-state index in [1.54, 1.807) is 0 Å². The molecule has 3 heteroatoms. The van der Waals surface area contributed by atoms with Gasteiger partial charge in [0.15, 0.2) is 0 Å². The summed E-state index contributed by atoms with van der Waals surface area (Å²) >= 11 is 0. The summed E-state index contributed by atoms with van der Waals surface area (Å²) in [6, 6.07) is 0. The molecule has 3 nitrogen and oxygen atoms in total. The van der Waals surface area contributed by atoms with Crippen molar-refractivity contribution in [2.45, 2.75) is 71.8 Å². The van der Waals surface area contributed by atoms with Gasteiger partial charge < -0.3 is 15.3 Å². The Labute approximate surface area is 132 Å². The van der Waals surface area contributed by atoms with Crippen LogP contribution in [0.15, 0.2) is 0 Å². The number of hydrogen-bond acceptors (Lipinski definition) is 3. The van der Waals surface area contributed by atoms with E-state index in [2.05, 4.69) is 37.9 Å². The first-order chi connectivity index (χ1) is 10.1. The third-order valence-electron chi connectivity index (χ3n) is 5.47. The number of aliphatic hydroxyl groups is 1. The van der Waals surface area contributed by atoms with Crippen LogP contribution in [0.4, 0.5) is 0 Å². The van der Waals surface area contributed by atoms with Gasteiger partial charge in [-0.1, -0.05) is 27.7 Å². The molecule has 126 valence electrons. The number of likely N-dealkylation sites (N-methyl/N-ethyl adjacent to an activating group) is 1. The predicted molar refractivity (Wildman–Crippen MR) is 91.6 cm³/mol. The fourth-order valence-electron chi connectivity index (χ4n) is 3.72. The van der Waals surface area contributed by atoms with Gasteiger partial charge in [-0.15, -0.1) is 0 Å². The Morgan fingerprint density at radius 3 is 2.57 bits per heavy atom. The first kappa shape index (κ1) is 18.9. The van der Waals surface area contributed by atoms with Crippen molar-refractivity contribution in [1.29, 1.82) is 0 Å². The second-order valence-electron chi connectivity index (χ2n) is 7.20. The van der Waals surface area contributed by atoms with E-state index in [0.29, 0.717) is 0 Å². The molecule has 0 aliphatic carbocycles. The topological polar surface area (TPSA) is 35.5 Å². The standard InChI is InChI=1S/C18H38N2O/c1-5-18(15-21,19-6-2)11-8-13-20-12-7-9-17(10-14-20)16(3)4/h16-17,19,21H,5-15H2,1-4H3. The molecular formula is C18H38N2O. The molecular weight excluding hydrogens is 260 g/mol. The van der Waals surface area contributed by atoms with Crippen molar-refractivity contribution in [3.05, 3.63) is 0 Å². The van der Waals surface area contributed by atoms with Crippen LogP contribution in [-0.4, -0.2) is 48.3 Å². The maximum absolute atomic E-state index is 9.71. The first-order valence-electron chi connectivity index (χ1n) is 9.15. The minimum absolute atomic E-state index is 0.0545. The Hall–Kier alpha value is -0.120. The van der Waals surface area contributed by atoms with E-state index in [0.717, 1.165) is 31.2 Å². The zero-order valence-electron chi connectivity index (χ0n) is 14.8. The molecule has 21 heavy (non-hydrogen) atoms. The van der Waals surface area contributed by atoms with E-state index in [4.69, 9.17) is 0 Å². The van der Waals surface area contributed by atoms with Crippen molar-refractivity contribution in [3.8, 4) is 0 Å². The van der Waals surface area contributed by atoms with E-state index in [-0.39, 0.29) is 12.1 Å². The van der Waals surface area contributed by atoms with E-state index in [1.807, 2.05) is 0 Å². The van der Waals surface area contributed by atoms with Crippen LogP contribution >= 0.6 is 0 Å². The Morgan fingerprint density at radius 2 is 2.00 bits per heavy atom. The molecule has 1 saturated heterocycles. The Morgan fingerprint density at radius 1 is 1.24 bits per heavy atom. The molecule has 1 heterocycles. The number of hydrogen-bond donors (Lipinski definition) is 2. The van der Waals surface area contributed by atoms with Crippen molar-refractivity contribution < 1.29 is 5.11 Å². The number of rotatable bonds is 9. The lowest BCUT2D eigenvalue weighted by atomic mass is 9.89. The number of nitrogens with one attached hydrogen (secondary N) is 1. The quantitative estimate of drug-likeness (QED) is 0.686. The van der Waals surface area contributed by atoms with Gasteiger partial charge >= 0.3 is 0 Å². The lowest BCUT2D eigenvalue weighted by Gasteiger charge is -2.33. The highest BCUT2D eigenvalue weighted by molar-refractivity contribution is 4.86. The van der Waals surface area contributed by atoms with Crippen LogP contribution in [0, 0.1) is 11.8 Å². The van der Waals surface area contributed by atoms with Crippen molar-refractivity contribution >= 4 is 0 Å². The minimum Gasteiger partial charge on any atom is -0.394 e. The molecule has 1 aliphatic rings. The molecule has 1 rings (SSSR count). The van der Waals surface area contributed by atoms with Gasteiger partial charge in [-0.25, -0.2) is 0 Å². The van der Waals surface area contributed by atoms with Crippen LogP contribution in [0.2, 0.25) is 0 Å². The SMILES string of the molecule is CCNC(CC)(CO)CCCN1CCCC(C(C)C)CC1. The third-order valence-corrected chi connectivity index (χ3v) is 5.47. The van der Waals surface area contributed by atoms with Gasteiger partial charge in [-0.05, 0) is 76.5 Å². The molecule has 1 fully saturated rings. The van der Waals surface area contributed by atoms with Crippen molar-refractivity contribution in [2.75, 3.05) is 32.8 Å². The van der Waals surface area contributed by atoms with Gasteiger partial charge in [0.1, 0.15) is 0 Å². The van der Waals surface area contributed by atoms with E-state index >= 15 is 0 Å². The Kier molecular flexibility index (Phi) is 8.84. The molecule has 2 atom stereocenters. The average molecular weight is 299 g/mol. The van der Waals surface area contributed by atoms with Gasteiger partial charge in [-0.2, -0.15) is 0 Å². The summed E-state index contributed by atoms with van der Waals surface area (Å²) in [6.07, 6.45) is 7.40. The Balaban J connectivity index is 2.34. The van der Waals surface area contributed by atoms with Gasteiger partial charge in [0, 0.05) is 5.54 Å². The summed E-state index contributed by atoms with van der Waals surface area (Å²) in [5, 5.41) is 13.2. The number of nitrogens with zero attached hydrogens (tertiary/aromatic N) is 1. The molecule has 0 spiro atoms. The molecule has 2 N–H and O–H groups in total. The summed E-state index contributed by atoms with van der Waals surface area (Å²) in [7, 11) is 0. The smallest absolute Gasteiger partial charge is 0.0613 e. The monoisotopic (exact) mass is 298 g/mol. The second kappa shape index (κ2) is 9.81. The molecule has 0 amide bonds. The summed E-state index contributed by atoms with van der Waals surface area (Å²) in [5.41, 5.74) is -0.0545. The maximum Gasteiger partial charge on any atom is 0.0613 e. The van der Waals surface area contributed by atoms with Gasteiger partial charge in [0.25, 0.3) is 0 Å². The lowest BCUT2D eigenvalue weighted by Crippen LogP contribution is -2.48. The highest BCUT2D eigenvalue weighted by atomic mass is 16.3. The maximum atomic E-state index is 9.71. The fourth-order valence-corrected chi connectivity index (χ4v) is 3.72. The molecule has 0 aromatic rings. The first-order valence-corrected chi connectivity index (χ1v) is 9.15. The minimum atomic E-state index is -0.0545. The molecule has 1 aliphatic heterocycles. The summed E-state index contributed by atoms with van der Waals surface area (Å²) in [6.45, 7) is 14.0. The van der Waals surface area contributed by atoms with E-state index < -0.39 is 0 Å². The van der Waals surface area contributed by atoms with Crippen LogP contribution in [-0.2, 0) is 0 Å². The van der Waals surface area contributed by atoms with Crippen molar-refractivity contribution in [1.82, 2.24) is 10.2 Å². The normalized spacial score (nSPS) is 24.0. The fraction of sp³-hybridized carbons (Fsp3) is 1.00. The highest BCUT2D eigenvalue weighted by Crippen LogP contribution is 2.25. The third kappa shape index (κ3) is 6.25. The van der Waals surface area contributed by atoms with E-state index in [1.165, 1.54) is 45.3 Å². The largest absolute Gasteiger partial charge is 0.394 e. The molecule has 0 bridgehead atoms. The predicted octanol–water partition coefficient (Wildman–Crippen LogP) is 3.28. The molecule has 0 aromatic heterocycles. The molecule has 2 unspecified atom stereocenters.